The van der Waals surface area contributed by atoms with Crippen molar-refractivity contribution in [2.75, 3.05) is 7.11 Å². The van der Waals surface area contributed by atoms with Crippen LogP contribution in [0.5, 0.6) is 5.75 Å². The first-order valence-corrected chi connectivity index (χ1v) is 5.46. The zero-order valence-electron chi connectivity index (χ0n) is 10.5. The first kappa shape index (κ1) is 12.2. The van der Waals surface area contributed by atoms with Gasteiger partial charge in [-0.05, 0) is 19.1 Å². The van der Waals surface area contributed by atoms with Crippen molar-refractivity contribution in [3.8, 4) is 5.75 Å². The molecule has 0 spiro atoms. The number of aryl methyl sites for hydroxylation is 1. The summed E-state index contributed by atoms with van der Waals surface area (Å²) in [6.45, 7) is 1.62. The molecule has 1 N–H and O–H groups in total. The molecule has 18 heavy (non-hydrogen) atoms. The Kier molecular flexibility index (Phi) is 3.06. The second-order valence-corrected chi connectivity index (χ2v) is 3.96. The molecular weight excluding hydrogens is 232 g/mol. The summed E-state index contributed by atoms with van der Waals surface area (Å²) in [4.78, 5) is 16.8. The molecule has 1 heterocycles. The van der Waals surface area contributed by atoms with Gasteiger partial charge in [0.1, 0.15) is 18.4 Å². The van der Waals surface area contributed by atoms with Crippen molar-refractivity contribution in [1.82, 2.24) is 4.57 Å². The third kappa shape index (κ3) is 1.73. The molecule has 0 aliphatic rings. The van der Waals surface area contributed by atoms with E-state index in [0.717, 1.165) is 0 Å². The molecule has 5 heteroatoms. The first-order chi connectivity index (χ1) is 8.57. The topological polar surface area (TPSA) is 63.8 Å². The average molecular weight is 246 g/mol. The Morgan fingerprint density at radius 3 is 2.72 bits per heavy atom. The SMILES string of the molecule is CO/N=C(\C)c1c(O)c2ccccc2n(C)c1=O. The number of hydrogen-bond donors (Lipinski definition) is 1. The lowest BCUT2D eigenvalue weighted by Gasteiger charge is -2.10. The van der Waals surface area contributed by atoms with Gasteiger partial charge in [-0.1, -0.05) is 17.3 Å². The predicted molar refractivity (Wildman–Crippen MR) is 70.1 cm³/mol. The lowest BCUT2D eigenvalue weighted by molar-refractivity contribution is 0.213. The number of nitrogens with zero attached hydrogens (tertiary/aromatic N) is 2. The van der Waals surface area contributed by atoms with Crippen molar-refractivity contribution in [1.29, 1.82) is 0 Å². The van der Waals surface area contributed by atoms with Crippen LogP contribution < -0.4 is 5.56 Å². The van der Waals surface area contributed by atoms with Crippen LogP contribution in [0.1, 0.15) is 12.5 Å². The largest absolute Gasteiger partial charge is 0.506 e. The van der Waals surface area contributed by atoms with Gasteiger partial charge >= 0.3 is 0 Å². The van der Waals surface area contributed by atoms with Gasteiger partial charge in [-0.25, -0.2) is 0 Å². The maximum absolute atomic E-state index is 12.2. The highest BCUT2D eigenvalue weighted by atomic mass is 16.6. The standard InChI is InChI=1S/C13H14N2O3/c1-8(14-18-3)11-12(16)9-6-4-5-7-10(9)15(2)13(11)17/h4-7,16H,1-3H3/b14-8+. The van der Waals surface area contributed by atoms with Crippen LogP contribution in [0, 0.1) is 0 Å². The van der Waals surface area contributed by atoms with E-state index in [-0.39, 0.29) is 16.9 Å². The summed E-state index contributed by atoms with van der Waals surface area (Å²) in [5, 5.41) is 14.5. The van der Waals surface area contributed by atoms with Crippen LogP contribution in [0.15, 0.2) is 34.2 Å². The second-order valence-electron chi connectivity index (χ2n) is 3.96. The van der Waals surface area contributed by atoms with Crippen molar-refractivity contribution in [2.24, 2.45) is 12.2 Å². The molecule has 0 radical (unpaired) electrons. The van der Waals surface area contributed by atoms with E-state index in [4.69, 9.17) is 0 Å². The van der Waals surface area contributed by atoms with Crippen LogP contribution in [-0.2, 0) is 11.9 Å². The van der Waals surface area contributed by atoms with E-state index in [1.165, 1.54) is 11.7 Å². The van der Waals surface area contributed by atoms with Gasteiger partial charge in [-0.15, -0.1) is 0 Å². The highest BCUT2D eigenvalue weighted by Gasteiger charge is 2.16. The smallest absolute Gasteiger partial charge is 0.263 e. The summed E-state index contributed by atoms with van der Waals surface area (Å²) < 4.78 is 1.49. The molecule has 1 aromatic heterocycles. The Labute approximate surface area is 104 Å². The fourth-order valence-corrected chi connectivity index (χ4v) is 1.99. The zero-order chi connectivity index (χ0) is 13.3. The second kappa shape index (κ2) is 4.52. The molecule has 2 rings (SSSR count). The van der Waals surface area contributed by atoms with E-state index in [1.807, 2.05) is 6.07 Å². The van der Waals surface area contributed by atoms with Gasteiger partial charge in [0.25, 0.3) is 5.56 Å². The van der Waals surface area contributed by atoms with Crippen molar-refractivity contribution in [2.45, 2.75) is 6.92 Å². The Balaban J connectivity index is 2.92. The number of rotatable bonds is 2. The third-order valence-corrected chi connectivity index (χ3v) is 2.87. The molecule has 1 aromatic carbocycles. The van der Waals surface area contributed by atoms with Crippen molar-refractivity contribution < 1.29 is 9.94 Å². The number of benzene rings is 1. The quantitative estimate of drug-likeness (QED) is 0.646. The van der Waals surface area contributed by atoms with E-state index in [1.54, 1.807) is 32.2 Å². The van der Waals surface area contributed by atoms with Crippen molar-refractivity contribution in [3.63, 3.8) is 0 Å². The summed E-state index contributed by atoms with van der Waals surface area (Å²) in [5.41, 5.74) is 0.887. The molecule has 0 fully saturated rings. The van der Waals surface area contributed by atoms with Gasteiger partial charge in [0.2, 0.25) is 0 Å². The fourth-order valence-electron chi connectivity index (χ4n) is 1.99. The van der Waals surface area contributed by atoms with Crippen LogP contribution in [-0.4, -0.2) is 22.5 Å². The molecule has 0 bridgehead atoms. The predicted octanol–water partition coefficient (Wildman–Crippen LogP) is 1.61. The van der Waals surface area contributed by atoms with Crippen LogP contribution in [0.4, 0.5) is 0 Å². The average Bonchev–Trinajstić information content (AvgIpc) is 2.37. The molecule has 0 saturated heterocycles. The van der Waals surface area contributed by atoms with Gasteiger partial charge < -0.3 is 14.5 Å². The lowest BCUT2D eigenvalue weighted by atomic mass is 10.1. The van der Waals surface area contributed by atoms with Crippen molar-refractivity contribution >= 4 is 16.6 Å². The van der Waals surface area contributed by atoms with E-state index >= 15 is 0 Å². The summed E-state index contributed by atoms with van der Waals surface area (Å²) >= 11 is 0. The van der Waals surface area contributed by atoms with Gasteiger partial charge in [0.05, 0.1) is 11.2 Å². The van der Waals surface area contributed by atoms with Crippen LogP contribution in [0.25, 0.3) is 10.9 Å². The van der Waals surface area contributed by atoms with Crippen LogP contribution >= 0.6 is 0 Å². The normalized spacial score (nSPS) is 11.8. The highest BCUT2D eigenvalue weighted by Crippen LogP contribution is 2.26. The minimum atomic E-state index is -0.301. The Morgan fingerprint density at radius 2 is 2.06 bits per heavy atom. The van der Waals surface area contributed by atoms with Crippen LogP contribution in [0.2, 0.25) is 0 Å². The summed E-state index contributed by atoms with van der Waals surface area (Å²) in [5.74, 6) is -0.0630. The number of pyridine rings is 1. The molecule has 0 atom stereocenters. The number of oxime groups is 1. The molecule has 0 aliphatic heterocycles. The number of fused-ring (bicyclic) bond motifs is 1. The molecule has 5 nitrogen and oxygen atoms in total. The minimum absolute atomic E-state index is 0.0630. The van der Waals surface area contributed by atoms with Gasteiger partial charge in [-0.2, -0.15) is 0 Å². The fraction of sp³-hybridized carbons (Fsp3) is 0.231. The Morgan fingerprint density at radius 1 is 1.39 bits per heavy atom. The Bertz CT molecular complexity index is 686. The van der Waals surface area contributed by atoms with Gasteiger partial charge in [0.15, 0.2) is 0 Å². The van der Waals surface area contributed by atoms with E-state index in [0.29, 0.717) is 16.6 Å². The zero-order valence-corrected chi connectivity index (χ0v) is 10.5. The number of hydrogen-bond acceptors (Lipinski definition) is 4. The molecular formula is C13H14N2O3. The molecule has 0 saturated carbocycles. The monoisotopic (exact) mass is 246 g/mol. The number of para-hydroxylation sites is 1. The lowest BCUT2D eigenvalue weighted by Crippen LogP contribution is -2.24. The molecule has 0 amide bonds. The van der Waals surface area contributed by atoms with Gasteiger partial charge in [-0.3, -0.25) is 4.79 Å². The van der Waals surface area contributed by atoms with E-state index in [9.17, 15) is 9.90 Å². The van der Waals surface area contributed by atoms with E-state index in [2.05, 4.69) is 9.99 Å². The molecule has 94 valence electrons. The molecule has 0 unspecified atom stereocenters. The summed E-state index contributed by atoms with van der Waals surface area (Å²) in [6.07, 6.45) is 0. The summed E-state index contributed by atoms with van der Waals surface area (Å²) in [6, 6.07) is 7.16. The minimum Gasteiger partial charge on any atom is -0.506 e. The maximum atomic E-state index is 12.2. The third-order valence-electron chi connectivity index (χ3n) is 2.87. The molecule has 2 aromatic rings. The Hall–Kier alpha value is -2.30. The van der Waals surface area contributed by atoms with Crippen molar-refractivity contribution in [3.05, 3.63) is 40.2 Å². The molecule has 0 aliphatic carbocycles. The maximum Gasteiger partial charge on any atom is 0.263 e. The summed E-state index contributed by atoms with van der Waals surface area (Å²) in [7, 11) is 3.06. The highest BCUT2D eigenvalue weighted by molar-refractivity contribution is 6.04. The van der Waals surface area contributed by atoms with E-state index < -0.39 is 0 Å². The van der Waals surface area contributed by atoms with Gasteiger partial charge in [0, 0.05) is 12.4 Å². The first-order valence-electron chi connectivity index (χ1n) is 5.46. The van der Waals surface area contributed by atoms with Crippen LogP contribution in [0.3, 0.4) is 0 Å². The number of aromatic hydroxyl groups is 1. The number of aromatic nitrogens is 1.